The van der Waals surface area contributed by atoms with Crippen molar-refractivity contribution in [1.29, 1.82) is 0 Å². The van der Waals surface area contributed by atoms with Gasteiger partial charge in [0, 0.05) is 0 Å². The third-order valence-electron chi connectivity index (χ3n) is 4.06. The van der Waals surface area contributed by atoms with Crippen molar-refractivity contribution in [2.24, 2.45) is 5.73 Å². The van der Waals surface area contributed by atoms with Crippen LogP contribution in [0.2, 0.25) is 0 Å². The molecule has 142 valence electrons. The third kappa shape index (κ3) is 3.97. The van der Waals surface area contributed by atoms with E-state index in [4.69, 9.17) is 22.7 Å². The Labute approximate surface area is 175 Å². The van der Waals surface area contributed by atoms with Crippen LogP contribution < -0.4 is 21.1 Å². The molecule has 28 heavy (non-hydrogen) atoms. The van der Waals surface area contributed by atoms with E-state index in [1.807, 2.05) is 24.3 Å². The summed E-state index contributed by atoms with van der Waals surface area (Å²) in [7, 11) is 1.49. The Morgan fingerprint density at radius 1 is 1.07 bits per heavy atom. The quantitative estimate of drug-likeness (QED) is 0.517. The second-order valence-corrected chi connectivity index (χ2v) is 7.01. The Bertz CT molecular complexity index is 1100. The standard InChI is InChI=1S/C20H16BrN3O3S/c1-27-17-14(10-11-6-2-3-7-12(11)16(17)21)19(26)24-20(28)23-15-9-5-4-8-13(15)18(22)25/h2-10H,1H3,(H2,22,25)(H2,23,24,26,28). The van der Waals surface area contributed by atoms with Gasteiger partial charge in [0.15, 0.2) is 5.11 Å². The lowest BCUT2D eigenvalue weighted by Crippen LogP contribution is -2.35. The minimum atomic E-state index is -0.600. The molecule has 4 N–H and O–H groups in total. The molecule has 0 heterocycles. The summed E-state index contributed by atoms with van der Waals surface area (Å²) in [5, 5.41) is 7.26. The second-order valence-electron chi connectivity index (χ2n) is 5.81. The van der Waals surface area contributed by atoms with Crippen LogP contribution in [0, 0.1) is 0 Å². The fourth-order valence-corrected chi connectivity index (χ4v) is 3.72. The number of nitrogens with one attached hydrogen (secondary N) is 2. The van der Waals surface area contributed by atoms with Gasteiger partial charge in [0.1, 0.15) is 5.75 Å². The van der Waals surface area contributed by atoms with E-state index in [1.54, 1.807) is 30.3 Å². The van der Waals surface area contributed by atoms with E-state index >= 15 is 0 Å². The number of rotatable bonds is 4. The minimum absolute atomic E-state index is 0.0324. The first-order valence-corrected chi connectivity index (χ1v) is 9.39. The molecule has 0 saturated heterocycles. The van der Waals surface area contributed by atoms with Gasteiger partial charge in [-0.15, -0.1) is 0 Å². The van der Waals surface area contributed by atoms with E-state index in [-0.39, 0.29) is 10.7 Å². The second kappa shape index (κ2) is 8.37. The number of methoxy groups -OCH3 is 1. The van der Waals surface area contributed by atoms with Crippen molar-refractivity contribution in [3.63, 3.8) is 0 Å². The Kier molecular flexibility index (Phi) is 5.91. The number of halogens is 1. The number of para-hydroxylation sites is 1. The lowest BCUT2D eigenvalue weighted by atomic mass is 10.1. The Morgan fingerprint density at radius 3 is 2.46 bits per heavy atom. The number of hydrogen-bond acceptors (Lipinski definition) is 4. The molecule has 0 spiro atoms. The SMILES string of the molecule is COc1c(C(=O)NC(=S)Nc2ccccc2C(N)=O)cc2ccccc2c1Br. The van der Waals surface area contributed by atoms with Gasteiger partial charge in [-0.05, 0) is 57.1 Å². The number of primary amides is 1. The van der Waals surface area contributed by atoms with Crippen molar-refractivity contribution in [3.8, 4) is 5.75 Å². The largest absolute Gasteiger partial charge is 0.495 e. The highest BCUT2D eigenvalue weighted by atomic mass is 79.9. The van der Waals surface area contributed by atoms with E-state index in [0.29, 0.717) is 21.5 Å². The summed E-state index contributed by atoms with van der Waals surface area (Å²) in [6, 6.07) is 16.0. The summed E-state index contributed by atoms with van der Waals surface area (Å²) in [5.74, 6) is -0.647. The van der Waals surface area contributed by atoms with Crippen molar-refractivity contribution in [2.45, 2.75) is 0 Å². The molecule has 0 atom stereocenters. The molecule has 2 amide bonds. The number of carbonyl (C=O) groups is 2. The van der Waals surface area contributed by atoms with Crippen LogP contribution in [0.1, 0.15) is 20.7 Å². The van der Waals surface area contributed by atoms with Crippen molar-refractivity contribution >= 4 is 61.5 Å². The number of ether oxygens (including phenoxy) is 1. The molecular weight excluding hydrogens is 442 g/mol. The van der Waals surface area contributed by atoms with Gasteiger partial charge in [-0.25, -0.2) is 0 Å². The molecule has 3 aromatic carbocycles. The first kappa shape index (κ1) is 19.8. The molecule has 0 aliphatic rings. The van der Waals surface area contributed by atoms with Crippen molar-refractivity contribution in [3.05, 3.63) is 70.2 Å². The van der Waals surface area contributed by atoms with Crippen LogP contribution in [0.4, 0.5) is 5.69 Å². The molecule has 6 nitrogen and oxygen atoms in total. The van der Waals surface area contributed by atoms with Gasteiger partial charge in [0.25, 0.3) is 11.8 Å². The fourth-order valence-electron chi connectivity index (χ4n) is 2.78. The zero-order valence-electron chi connectivity index (χ0n) is 14.8. The van der Waals surface area contributed by atoms with Crippen LogP contribution in [0.25, 0.3) is 10.8 Å². The van der Waals surface area contributed by atoms with Crippen molar-refractivity contribution in [2.75, 3.05) is 12.4 Å². The van der Waals surface area contributed by atoms with Crippen LogP contribution in [0.3, 0.4) is 0 Å². The van der Waals surface area contributed by atoms with Crippen LogP contribution in [-0.4, -0.2) is 24.0 Å². The lowest BCUT2D eigenvalue weighted by molar-refractivity contribution is 0.0972. The smallest absolute Gasteiger partial charge is 0.261 e. The predicted molar refractivity (Wildman–Crippen MR) is 117 cm³/mol. The summed E-state index contributed by atoms with van der Waals surface area (Å²) in [5.41, 5.74) is 6.36. The van der Waals surface area contributed by atoms with Gasteiger partial charge >= 0.3 is 0 Å². The van der Waals surface area contributed by atoms with Crippen LogP contribution in [-0.2, 0) is 0 Å². The summed E-state index contributed by atoms with van der Waals surface area (Å²) in [6.45, 7) is 0. The summed E-state index contributed by atoms with van der Waals surface area (Å²) in [6.07, 6.45) is 0. The Morgan fingerprint density at radius 2 is 1.75 bits per heavy atom. The normalized spacial score (nSPS) is 10.4. The number of amides is 2. The van der Waals surface area contributed by atoms with Crippen molar-refractivity contribution in [1.82, 2.24) is 5.32 Å². The van der Waals surface area contributed by atoms with Gasteiger partial charge < -0.3 is 15.8 Å². The van der Waals surface area contributed by atoms with E-state index < -0.39 is 11.8 Å². The van der Waals surface area contributed by atoms with E-state index in [2.05, 4.69) is 26.6 Å². The molecule has 0 aliphatic carbocycles. The summed E-state index contributed by atoms with van der Waals surface area (Å²) in [4.78, 5) is 24.3. The topological polar surface area (TPSA) is 93.4 Å². The number of nitrogens with two attached hydrogens (primary N) is 1. The van der Waals surface area contributed by atoms with E-state index in [1.165, 1.54) is 7.11 Å². The number of thiocarbonyl (C=S) groups is 1. The maximum atomic E-state index is 12.8. The zero-order valence-corrected chi connectivity index (χ0v) is 17.2. The molecule has 8 heteroatoms. The molecule has 0 radical (unpaired) electrons. The Balaban J connectivity index is 1.87. The van der Waals surface area contributed by atoms with Gasteiger partial charge in [-0.1, -0.05) is 36.4 Å². The van der Waals surface area contributed by atoms with Gasteiger partial charge in [0.2, 0.25) is 0 Å². The number of carbonyl (C=O) groups excluding carboxylic acids is 2. The molecule has 0 bridgehead atoms. The number of hydrogen-bond donors (Lipinski definition) is 3. The van der Waals surface area contributed by atoms with Crippen LogP contribution in [0.15, 0.2) is 59.1 Å². The maximum Gasteiger partial charge on any atom is 0.261 e. The summed E-state index contributed by atoms with van der Waals surface area (Å²) >= 11 is 8.72. The summed E-state index contributed by atoms with van der Waals surface area (Å²) < 4.78 is 6.10. The average molecular weight is 458 g/mol. The molecule has 0 aromatic heterocycles. The molecule has 0 unspecified atom stereocenters. The van der Waals surface area contributed by atoms with Crippen LogP contribution >= 0.6 is 28.1 Å². The highest BCUT2D eigenvalue weighted by Crippen LogP contribution is 2.36. The predicted octanol–water partition coefficient (Wildman–Crippen LogP) is 3.84. The number of benzene rings is 3. The van der Waals surface area contributed by atoms with Crippen molar-refractivity contribution < 1.29 is 14.3 Å². The monoisotopic (exact) mass is 457 g/mol. The molecule has 0 fully saturated rings. The molecular formula is C20H16BrN3O3S. The number of fused-ring (bicyclic) bond motifs is 1. The van der Waals surface area contributed by atoms with Crippen LogP contribution in [0.5, 0.6) is 5.75 Å². The third-order valence-corrected chi connectivity index (χ3v) is 5.05. The lowest BCUT2D eigenvalue weighted by Gasteiger charge is -2.15. The zero-order chi connectivity index (χ0) is 20.3. The highest BCUT2D eigenvalue weighted by Gasteiger charge is 2.19. The van der Waals surface area contributed by atoms with Gasteiger partial charge in [-0.2, -0.15) is 0 Å². The van der Waals surface area contributed by atoms with Gasteiger partial charge in [0.05, 0.1) is 28.4 Å². The fraction of sp³-hybridized carbons (Fsp3) is 0.0500. The molecule has 3 rings (SSSR count). The molecule has 0 aliphatic heterocycles. The minimum Gasteiger partial charge on any atom is -0.495 e. The first-order valence-electron chi connectivity index (χ1n) is 8.18. The van der Waals surface area contributed by atoms with E-state index in [9.17, 15) is 9.59 Å². The molecule has 0 saturated carbocycles. The first-order chi connectivity index (χ1) is 13.4. The van der Waals surface area contributed by atoms with Gasteiger partial charge in [-0.3, -0.25) is 14.9 Å². The average Bonchev–Trinajstić information content (AvgIpc) is 2.68. The Hall–Kier alpha value is -2.97. The highest BCUT2D eigenvalue weighted by molar-refractivity contribution is 9.10. The maximum absolute atomic E-state index is 12.8. The molecule has 3 aromatic rings. The number of anilines is 1. The van der Waals surface area contributed by atoms with E-state index in [0.717, 1.165) is 10.8 Å².